The summed E-state index contributed by atoms with van der Waals surface area (Å²) in [5.74, 6) is 2.92. The van der Waals surface area contributed by atoms with Crippen LogP contribution in [0.3, 0.4) is 0 Å². The van der Waals surface area contributed by atoms with Crippen LogP contribution in [0.1, 0.15) is 51.3 Å². The highest BCUT2D eigenvalue weighted by atomic mass is 32.2. The molecule has 170 valence electrons. The van der Waals surface area contributed by atoms with Crippen molar-refractivity contribution in [2.75, 3.05) is 12.4 Å². The van der Waals surface area contributed by atoms with Gasteiger partial charge >= 0.3 is 5.97 Å². The number of nitrogens with zero attached hydrogens (tertiary/aromatic N) is 3. The number of aromatic nitrogens is 3. The van der Waals surface area contributed by atoms with Gasteiger partial charge in [-0.3, -0.25) is 14.2 Å². The monoisotopic (exact) mass is 454 g/mol. The molecule has 0 spiro atoms. The van der Waals surface area contributed by atoms with Crippen molar-refractivity contribution in [2.45, 2.75) is 57.1 Å². The molecule has 6 rings (SSSR count). The van der Waals surface area contributed by atoms with Crippen LogP contribution in [0.4, 0.5) is 0 Å². The van der Waals surface area contributed by atoms with Crippen LogP contribution < -0.4 is 5.32 Å². The number of esters is 1. The number of ether oxygens (including phenoxy) is 1. The fourth-order valence-electron chi connectivity index (χ4n) is 6.41. The SMILES string of the molecule is CCOC(=O)CSc1nnc(CNC(=O)C23CC4CC(CC(C4)C2)C3)n1-c1ccccc1. The molecule has 4 fully saturated rings. The van der Waals surface area contributed by atoms with E-state index in [4.69, 9.17) is 4.74 Å². The number of hydrogen-bond donors (Lipinski definition) is 1. The number of carbonyl (C=O) groups excluding carboxylic acids is 2. The maximum absolute atomic E-state index is 13.4. The normalized spacial score (nSPS) is 28.0. The average molecular weight is 455 g/mol. The molecule has 4 aliphatic rings. The Labute approximate surface area is 192 Å². The molecule has 32 heavy (non-hydrogen) atoms. The standard InChI is InChI=1S/C24H30N4O3S/c1-2-31-21(29)15-32-23-27-26-20(28(23)19-6-4-3-5-7-19)14-25-22(30)24-11-16-8-17(12-24)10-18(9-16)13-24/h3-7,16-18H,2,8-15H2,1H3,(H,25,30). The number of para-hydroxylation sites is 1. The van der Waals surface area contributed by atoms with Gasteiger partial charge in [0, 0.05) is 11.1 Å². The number of benzene rings is 1. The van der Waals surface area contributed by atoms with E-state index in [-0.39, 0.29) is 23.0 Å². The quantitative estimate of drug-likeness (QED) is 0.483. The van der Waals surface area contributed by atoms with Crippen molar-refractivity contribution in [2.24, 2.45) is 23.2 Å². The van der Waals surface area contributed by atoms with Gasteiger partial charge in [-0.05, 0) is 75.3 Å². The van der Waals surface area contributed by atoms with Crippen molar-refractivity contribution < 1.29 is 14.3 Å². The lowest BCUT2D eigenvalue weighted by atomic mass is 9.49. The molecule has 0 saturated heterocycles. The van der Waals surface area contributed by atoms with Crippen molar-refractivity contribution in [3.8, 4) is 5.69 Å². The smallest absolute Gasteiger partial charge is 0.316 e. The summed E-state index contributed by atoms with van der Waals surface area (Å²) >= 11 is 1.29. The molecule has 0 atom stereocenters. The van der Waals surface area contributed by atoms with Crippen molar-refractivity contribution in [3.05, 3.63) is 36.2 Å². The first-order chi connectivity index (χ1) is 15.6. The second kappa shape index (κ2) is 8.89. The van der Waals surface area contributed by atoms with E-state index < -0.39 is 0 Å². The summed E-state index contributed by atoms with van der Waals surface area (Å²) in [5, 5.41) is 12.5. The lowest BCUT2D eigenvalue weighted by Crippen LogP contribution is -2.53. The minimum Gasteiger partial charge on any atom is -0.465 e. The van der Waals surface area contributed by atoms with Crippen LogP contribution in [0.2, 0.25) is 0 Å². The largest absolute Gasteiger partial charge is 0.465 e. The van der Waals surface area contributed by atoms with E-state index >= 15 is 0 Å². The minimum atomic E-state index is -0.281. The highest BCUT2D eigenvalue weighted by Crippen LogP contribution is 2.60. The summed E-state index contributed by atoms with van der Waals surface area (Å²) in [4.78, 5) is 25.2. The van der Waals surface area contributed by atoms with E-state index in [1.807, 2.05) is 34.9 Å². The Kier molecular flexibility index (Phi) is 5.97. The van der Waals surface area contributed by atoms with E-state index in [2.05, 4.69) is 15.5 Å². The van der Waals surface area contributed by atoms with Gasteiger partial charge < -0.3 is 10.1 Å². The van der Waals surface area contributed by atoms with Crippen LogP contribution in [0.5, 0.6) is 0 Å². The lowest BCUT2D eigenvalue weighted by Gasteiger charge is -2.55. The first-order valence-electron chi connectivity index (χ1n) is 11.6. The zero-order valence-corrected chi connectivity index (χ0v) is 19.3. The van der Waals surface area contributed by atoms with Gasteiger partial charge in [0.05, 0.1) is 18.9 Å². The van der Waals surface area contributed by atoms with Gasteiger partial charge in [-0.15, -0.1) is 10.2 Å². The van der Waals surface area contributed by atoms with Crippen LogP contribution >= 0.6 is 11.8 Å². The first kappa shape index (κ1) is 21.5. The molecule has 1 heterocycles. The van der Waals surface area contributed by atoms with Crippen molar-refractivity contribution in [1.29, 1.82) is 0 Å². The fourth-order valence-corrected chi connectivity index (χ4v) is 7.18. The Bertz CT molecular complexity index is 955. The molecule has 0 unspecified atom stereocenters. The molecule has 4 aliphatic carbocycles. The Morgan fingerprint density at radius 2 is 1.75 bits per heavy atom. The van der Waals surface area contributed by atoms with E-state index in [1.54, 1.807) is 6.92 Å². The van der Waals surface area contributed by atoms with Gasteiger partial charge in [-0.1, -0.05) is 30.0 Å². The Morgan fingerprint density at radius 1 is 1.09 bits per heavy atom. The Morgan fingerprint density at radius 3 is 2.38 bits per heavy atom. The van der Waals surface area contributed by atoms with E-state index in [0.29, 0.717) is 24.1 Å². The maximum atomic E-state index is 13.4. The second-order valence-corrected chi connectivity index (χ2v) is 10.5. The molecule has 1 aromatic carbocycles. The molecule has 2 aromatic rings. The van der Waals surface area contributed by atoms with Gasteiger partial charge in [-0.25, -0.2) is 0 Å². The summed E-state index contributed by atoms with van der Waals surface area (Å²) in [7, 11) is 0. The van der Waals surface area contributed by atoms with Crippen LogP contribution in [-0.2, 0) is 20.9 Å². The average Bonchev–Trinajstić information content (AvgIpc) is 3.18. The number of carbonyl (C=O) groups is 2. The van der Waals surface area contributed by atoms with E-state index in [9.17, 15) is 9.59 Å². The van der Waals surface area contributed by atoms with Gasteiger partial charge in [0.1, 0.15) is 0 Å². The number of nitrogens with one attached hydrogen (secondary N) is 1. The maximum Gasteiger partial charge on any atom is 0.316 e. The molecular formula is C24H30N4O3S. The summed E-state index contributed by atoms with van der Waals surface area (Å²) < 4.78 is 6.96. The molecule has 4 saturated carbocycles. The third-order valence-electron chi connectivity index (χ3n) is 7.27. The van der Waals surface area contributed by atoms with E-state index in [1.165, 1.54) is 31.0 Å². The molecule has 1 amide bonds. The molecule has 4 bridgehead atoms. The molecule has 0 aliphatic heterocycles. The fraction of sp³-hybridized carbons (Fsp3) is 0.583. The zero-order chi connectivity index (χ0) is 22.1. The summed E-state index contributed by atoms with van der Waals surface area (Å²) in [6.07, 6.45) is 7.06. The number of thioether (sulfide) groups is 1. The molecule has 7 nitrogen and oxygen atoms in total. The number of hydrogen-bond acceptors (Lipinski definition) is 6. The predicted octanol–water partition coefficient (Wildman–Crippen LogP) is 3.76. The van der Waals surface area contributed by atoms with Crippen LogP contribution in [-0.4, -0.2) is 39.0 Å². The Balaban J connectivity index is 1.32. The van der Waals surface area contributed by atoms with Crippen molar-refractivity contribution in [3.63, 3.8) is 0 Å². The molecule has 8 heteroatoms. The van der Waals surface area contributed by atoms with Gasteiger partial charge in [-0.2, -0.15) is 0 Å². The molecular weight excluding hydrogens is 424 g/mol. The van der Waals surface area contributed by atoms with Crippen molar-refractivity contribution >= 4 is 23.6 Å². The summed E-state index contributed by atoms with van der Waals surface area (Å²) in [6.45, 7) is 2.47. The summed E-state index contributed by atoms with van der Waals surface area (Å²) in [5.41, 5.74) is 0.719. The third-order valence-corrected chi connectivity index (χ3v) is 8.17. The second-order valence-electron chi connectivity index (χ2n) is 9.54. The van der Waals surface area contributed by atoms with E-state index in [0.717, 1.165) is 42.7 Å². The van der Waals surface area contributed by atoms with Gasteiger partial charge in [0.25, 0.3) is 0 Å². The molecule has 0 radical (unpaired) electrons. The Hall–Kier alpha value is -2.35. The molecule has 1 N–H and O–H groups in total. The third kappa shape index (κ3) is 4.17. The zero-order valence-electron chi connectivity index (χ0n) is 18.5. The van der Waals surface area contributed by atoms with Gasteiger partial charge in [0.2, 0.25) is 5.91 Å². The number of rotatable bonds is 8. The first-order valence-corrected chi connectivity index (χ1v) is 12.6. The molecule has 1 aromatic heterocycles. The van der Waals surface area contributed by atoms with Crippen LogP contribution in [0, 0.1) is 23.2 Å². The van der Waals surface area contributed by atoms with Gasteiger partial charge in [0.15, 0.2) is 11.0 Å². The lowest BCUT2D eigenvalue weighted by molar-refractivity contribution is -0.146. The summed E-state index contributed by atoms with van der Waals surface area (Å²) in [6, 6.07) is 9.80. The predicted molar refractivity (Wildman–Crippen MR) is 121 cm³/mol. The minimum absolute atomic E-state index is 0.165. The van der Waals surface area contributed by atoms with Crippen LogP contribution in [0.15, 0.2) is 35.5 Å². The highest BCUT2D eigenvalue weighted by molar-refractivity contribution is 7.99. The topological polar surface area (TPSA) is 86.1 Å². The highest BCUT2D eigenvalue weighted by Gasteiger charge is 2.54. The van der Waals surface area contributed by atoms with Crippen molar-refractivity contribution in [1.82, 2.24) is 20.1 Å². The number of amides is 1. The van der Waals surface area contributed by atoms with Crippen LogP contribution in [0.25, 0.3) is 5.69 Å².